The Morgan fingerprint density at radius 3 is 3.08 bits per heavy atom. The number of hydrogen-bond acceptors (Lipinski definition) is 5. The summed E-state index contributed by atoms with van der Waals surface area (Å²) in [5, 5.41) is 16.1. The monoisotopic (exact) mass is 347 g/mol. The molecule has 3 N–H and O–H groups in total. The fourth-order valence-electron chi connectivity index (χ4n) is 2.73. The fraction of sp³-hybridized carbons (Fsp3) is 0.312. The van der Waals surface area contributed by atoms with Gasteiger partial charge in [0, 0.05) is 30.0 Å². The van der Waals surface area contributed by atoms with Gasteiger partial charge in [0.25, 0.3) is 0 Å². The van der Waals surface area contributed by atoms with Crippen LogP contribution in [0.15, 0.2) is 36.5 Å². The lowest BCUT2D eigenvalue weighted by Gasteiger charge is -2.22. The lowest BCUT2D eigenvalue weighted by atomic mass is 10.2. The van der Waals surface area contributed by atoms with Gasteiger partial charge in [0.05, 0.1) is 6.04 Å². The Balaban J connectivity index is 1.62. The summed E-state index contributed by atoms with van der Waals surface area (Å²) in [5.41, 5.74) is 0.799. The summed E-state index contributed by atoms with van der Waals surface area (Å²) in [6.07, 6.45) is 2.53. The van der Waals surface area contributed by atoms with Crippen molar-refractivity contribution in [2.75, 3.05) is 23.7 Å². The maximum atomic E-state index is 11.2. The molecule has 1 aromatic heterocycles. The van der Waals surface area contributed by atoms with Crippen molar-refractivity contribution in [3.8, 4) is 0 Å². The van der Waals surface area contributed by atoms with Gasteiger partial charge in [0.15, 0.2) is 0 Å². The Morgan fingerprint density at radius 1 is 1.42 bits per heavy atom. The molecule has 1 aromatic carbocycles. The van der Waals surface area contributed by atoms with Crippen LogP contribution in [0.2, 0.25) is 5.02 Å². The summed E-state index contributed by atoms with van der Waals surface area (Å²) in [4.78, 5) is 21.2. The van der Waals surface area contributed by atoms with Crippen molar-refractivity contribution in [3.05, 3.63) is 41.6 Å². The van der Waals surface area contributed by atoms with Crippen molar-refractivity contribution >= 4 is 35.1 Å². The molecule has 7 nitrogen and oxygen atoms in total. The van der Waals surface area contributed by atoms with E-state index < -0.39 is 6.09 Å². The summed E-state index contributed by atoms with van der Waals surface area (Å²) in [6.45, 7) is 1.12. The molecule has 0 aliphatic carbocycles. The molecule has 1 aliphatic rings. The van der Waals surface area contributed by atoms with Gasteiger partial charge in [-0.15, -0.1) is 0 Å². The number of rotatable bonds is 5. The summed E-state index contributed by atoms with van der Waals surface area (Å²) >= 11 is 5.96. The van der Waals surface area contributed by atoms with E-state index in [0.29, 0.717) is 29.9 Å². The van der Waals surface area contributed by atoms with Gasteiger partial charge in [0.2, 0.25) is 5.95 Å². The first kappa shape index (κ1) is 16.3. The minimum atomic E-state index is -0.870. The van der Waals surface area contributed by atoms with Crippen molar-refractivity contribution in [1.29, 1.82) is 0 Å². The zero-order valence-electron chi connectivity index (χ0n) is 12.9. The first-order chi connectivity index (χ1) is 11.6. The van der Waals surface area contributed by atoms with E-state index in [4.69, 9.17) is 16.7 Å². The van der Waals surface area contributed by atoms with Gasteiger partial charge in [0.1, 0.15) is 5.82 Å². The third-order valence-corrected chi connectivity index (χ3v) is 4.11. The van der Waals surface area contributed by atoms with Crippen molar-refractivity contribution in [1.82, 2.24) is 14.9 Å². The Morgan fingerprint density at radius 2 is 2.29 bits per heavy atom. The maximum Gasteiger partial charge on any atom is 0.407 e. The molecule has 8 heteroatoms. The second-order valence-electron chi connectivity index (χ2n) is 5.55. The second kappa shape index (κ2) is 7.35. The average molecular weight is 348 g/mol. The van der Waals surface area contributed by atoms with Gasteiger partial charge in [-0.3, -0.25) is 0 Å². The Labute approximate surface area is 144 Å². The smallest absolute Gasteiger partial charge is 0.407 e. The van der Waals surface area contributed by atoms with Crippen molar-refractivity contribution in [2.24, 2.45) is 0 Å². The number of likely N-dealkylation sites (tertiary alicyclic amines) is 1. The normalized spacial score (nSPS) is 16.9. The summed E-state index contributed by atoms with van der Waals surface area (Å²) in [5.74, 6) is 1.09. The predicted molar refractivity (Wildman–Crippen MR) is 93.0 cm³/mol. The highest BCUT2D eigenvalue weighted by molar-refractivity contribution is 6.30. The predicted octanol–water partition coefficient (Wildman–Crippen LogP) is 3.43. The number of aromatic nitrogens is 2. The van der Waals surface area contributed by atoms with Gasteiger partial charge < -0.3 is 20.6 Å². The van der Waals surface area contributed by atoms with Gasteiger partial charge in [-0.1, -0.05) is 17.7 Å². The van der Waals surface area contributed by atoms with E-state index >= 15 is 0 Å². The Hall–Kier alpha value is -2.54. The molecule has 2 aromatic rings. The quantitative estimate of drug-likeness (QED) is 0.767. The largest absolute Gasteiger partial charge is 0.465 e. The Bertz CT molecular complexity index is 727. The molecule has 3 rings (SSSR count). The van der Waals surface area contributed by atoms with E-state index in [1.54, 1.807) is 24.4 Å². The molecule has 0 spiro atoms. The third kappa shape index (κ3) is 4.05. The molecule has 1 saturated heterocycles. The number of anilines is 3. The van der Waals surface area contributed by atoms with E-state index in [1.165, 1.54) is 4.90 Å². The average Bonchev–Trinajstić information content (AvgIpc) is 3.02. The highest BCUT2D eigenvalue weighted by atomic mass is 35.5. The summed E-state index contributed by atoms with van der Waals surface area (Å²) in [6, 6.07) is 9.02. The van der Waals surface area contributed by atoms with Crippen LogP contribution < -0.4 is 10.6 Å². The second-order valence-corrected chi connectivity index (χ2v) is 5.99. The van der Waals surface area contributed by atoms with Crippen LogP contribution in [0.25, 0.3) is 0 Å². The summed E-state index contributed by atoms with van der Waals surface area (Å²) < 4.78 is 0. The highest BCUT2D eigenvalue weighted by Gasteiger charge is 2.28. The van der Waals surface area contributed by atoms with Gasteiger partial charge in [-0.2, -0.15) is 4.98 Å². The number of nitrogens with zero attached hydrogens (tertiary/aromatic N) is 3. The molecule has 1 amide bonds. The zero-order valence-corrected chi connectivity index (χ0v) is 13.7. The molecule has 126 valence electrons. The number of carbonyl (C=O) groups is 1. The first-order valence-electron chi connectivity index (χ1n) is 7.71. The van der Waals surface area contributed by atoms with Crippen LogP contribution >= 0.6 is 11.6 Å². The molecule has 2 heterocycles. The number of hydrogen-bond donors (Lipinski definition) is 3. The molecule has 24 heavy (non-hydrogen) atoms. The number of halogens is 1. The zero-order chi connectivity index (χ0) is 16.9. The topological polar surface area (TPSA) is 90.4 Å². The van der Waals surface area contributed by atoms with Crippen LogP contribution in [0.1, 0.15) is 12.8 Å². The molecule has 0 unspecified atom stereocenters. The Kier molecular flexibility index (Phi) is 5.00. The fourth-order valence-corrected chi connectivity index (χ4v) is 2.93. The van der Waals surface area contributed by atoms with Gasteiger partial charge in [-0.25, -0.2) is 9.78 Å². The van der Waals surface area contributed by atoms with E-state index in [1.807, 2.05) is 12.1 Å². The maximum absolute atomic E-state index is 11.2. The van der Waals surface area contributed by atoms with E-state index in [0.717, 1.165) is 18.5 Å². The number of nitrogens with one attached hydrogen (secondary N) is 2. The highest BCUT2D eigenvalue weighted by Crippen LogP contribution is 2.20. The van der Waals surface area contributed by atoms with Crippen LogP contribution in [0.5, 0.6) is 0 Å². The molecule has 1 aliphatic heterocycles. The third-order valence-electron chi connectivity index (χ3n) is 3.88. The lowest BCUT2D eigenvalue weighted by Crippen LogP contribution is -2.38. The molecule has 1 atom stereocenters. The van der Waals surface area contributed by atoms with E-state index in [9.17, 15) is 4.79 Å². The molecular formula is C16H18ClN5O2. The molecular weight excluding hydrogens is 330 g/mol. The SMILES string of the molecule is O=C(O)N1CCC[C@H]1CNc1ccnc(Nc2cccc(Cl)c2)n1. The van der Waals surface area contributed by atoms with Crippen LogP contribution in [0.4, 0.5) is 22.2 Å². The van der Waals surface area contributed by atoms with E-state index in [2.05, 4.69) is 20.6 Å². The molecule has 0 saturated carbocycles. The first-order valence-corrected chi connectivity index (χ1v) is 8.09. The molecule has 0 radical (unpaired) electrons. The summed E-state index contributed by atoms with van der Waals surface area (Å²) in [7, 11) is 0. The minimum Gasteiger partial charge on any atom is -0.465 e. The van der Waals surface area contributed by atoms with Gasteiger partial charge in [-0.05, 0) is 37.1 Å². The van der Waals surface area contributed by atoms with Crippen LogP contribution in [0.3, 0.4) is 0 Å². The van der Waals surface area contributed by atoms with Crippen LogP contribution in [-0.2, 0) is 0 Å². The number of amides is 1. The van der Waals surface area contributed by atoms with E-state index in [-0.39, 0.29) is 6.04 Å². The number of benzene rings is 1. The van der Waals surface area contributed by atoms with Crippen molar-refractivity contribution in [2.45, 2.75) is 18.9 Å². The van der Waals surface area contributed by atoms with Crippen LogP contribution in [0, 0.1) is 0 Å². The molecule has 1 fully saturated rings. The van der Waals surface area contributed by atoms with Gasteiger partial charge >= 0.3 is 6.09 Å². The standard InChI is InChI=1S/C16H18ClN5O2/c17-11-3-1-4-12(9-11)20-15-18-7-6-14(21-15)19-10-13-5-2-8-22(13)16(23)24/h1,3-4,6-7,9,13H,2,5,8,10H2,(H,23,24)(H2,18,19,20,21)/t13-/m0/s1. The van der Waals surface area contributed by atoms with Crippen LogP contribution in [-0.4, -0.2) is 45.2 Å². The number of carboxylic acid groups (broad SMARTS) is 1. The van der Waals surface area contributed by atoms with Crippen molar-refractivity contribution < 1.29 is 9.90 Å². The van der Waals surface area contributed by atoms with Crippen molar-refractivity contribution in [3.63, 3.8) is 0 Å². The minimum absolute atomic E-state index is 0.0261. The molecule has 0 bridgehead atoms. The lowest BCUT2D eigenvalue weighted by molar-refractivity contribution is 0.142.